The summed E-state index contributed by atoms with van der Waals surface area (Å²) in [4.78, 5) is 9.15. The highest BCUT2D eigenvalue weighted by Gasteiger charge is 2.08. The van der Waals surface area contributed by atoms with Crippen LogP contribution in [0.25, 0.3) is 32.4 Å². The second-order valence-corrected chi connectivity index (χ2v) is 6.57. The summed E-state index contributed by atoms with van der Waals surface area (Å²) in [5.74, 6) is 0. The fraction of sp³-hybridized carbons (Fsp3) is 0. The van der Waals surface area contributed by atoms with E-state index in [1.54, 1.807) is 22.7 Å². The van der Waals surface area contributed by atoms with Crippen LogP contribution in [0.5, 0.6) is 0 Å². The molecule has 2 nitrogen and oxygen atoms in total. The molecule has 0 saturated heterocycles. The van der Waals surface area contributed by atoms with Crippen molar-refractivity contribution in [1.29, 1.82) is 0 Å². The van der Waals surface area contributed by atoms with Crippen LogP contribution in [0, 0.1) is 0 Å². The maximum absolute atomic E-state index is 4.77. The Hall–Kier alpha value is -2.30. The lowest BCUT2D eigenvalue weighted by molar-refractivity contribution is 1.39. The Labute approximate surface area is 136 Å². The molecule has 106 valence electrons. The summed E-state index contributed by atoms with van der Waals surface area (Å²) in [5, 5.41) is 6.21. The smallest absolute Gasteiger partial charge is 0.124 e. The lowest BCUT2D eigenvalue weighted by Crippen LogP contribution is -1.81. The fourth-order valence-corrected chi connectivity index (χ4v) is 3.77. The molecule has 0 N–H and O–H groups in total. The van der Waals surface area contributed by atoms with Crippen molar-refractivity contribution in [2.24, 2.45) is 0 Å². The molecular formula is C18H12N2S2. The van der Waals surface area contributed by atoms with Gasteiger partial charge < -0.3 is 0 Å². The SMILES string of the molecule is c1ccc(-c2nc(-c3cccc(-c4nccs4)c3)cs2)cc1. The van der Waals surface area contributed by atoms with Crippen LogP contribution in [0.4, 0.5) is 0 Å². The molecule has 0 aliphatic heterocycles. The predicted octanol–water partition coefficient (Wildman–Crippen LogP) is 5.60. The third kappa shape index (κ3) is 2.58. The predicted molar refractivity (Wildman–Crippen MR) is 94.1 cm³/mol. The number of thiazole rings is 2. The van der Waals surface area contributed by atoms with Crippen molar-refractivity contribution in [3.63, 3.8) is 0 Å². The van der Waals surface area contributed by atoms with E-state index in [4.69, 9.17) is 4.98 Å². The van der Waals surface area contributed by atoms with Crippen LogP contribution < -0.4 is 0 Å². The van der Waals surface area contributed by atoms with Crippen molar-refractivity contribution in [3.8, 4) is 32.4 Å². The normalized spacial score (nSPS) is 10.7. The van der Waals surface area contributed by atoms with Crippen LogP contribution in [-0.4, -0.2) is 9.97 Å². The van der Waals surface area contributed by atoms with E-state index in [-0.39, 0.29) is 0 Å². The zero-order valence-corrected chi connectivity index (χ0v) is 13.3. The molecule has 0 unspecified atom stereocenters. The summed E-state index contributed by atoms with van der Waals surface area (Å²) in [7, 11) is 0. The molecule has 2 aromatic heterocycles. The topological polar surface area (TPSA) is 25.8 Å². The Balaban J connectivity index is 1.71. The van der Waals surface area contributed by atoms with Crippen LogP contribution in [0.3, 0.4) is 0 Å². The van der Waals surface area contributed by atoms with Gasteiger partial charge in [0.25, 0.3) is 0 Å². The first-order valence-electron chi connectivity index (χ1n) is 6.91. The average molecular weight is 320 g/mol. The molecule has 0 spiro atoms. The molecule has 4 rings (SSSR count). The van der Waals surface area contributed by atoms with E-state index in [2.05, 4.69) is 46.8 Å². The third-order valence-electron chi connectivity index (χ3n) is 3.36. The summed E-state index contributed by atoms with van der Waals surface area (Å²) in [6, 6.07) is 18.7. The van der Waals surface area contributed by atoms with Crippen molar-refractivity contribution >= 4 is 22.7 Å². The molecule has 0 atom stereocenters. The van der Waals surface area contributed by atoms with Crippen molar-refractivity contribution in [1.82, 2.24) is 9.97 Å². The van der Waals surface area contributed by atoms with Gasteiger partial charge >= 0.3 is 0 Å². The van der Waals surface area contributed by atoms with Gasteiger partial charge in [-0.1, -0.05) is 48.5 Å². The van der Waals surface area contributed by atoms with Gasteiger partial charge in [-0.25, -0.2) is 9.97 Å². The van der Waals surface area contributed by atoms with Gasteiger partial charge in [0.2, 0.25) is 0 Å². The molecule has 0 radical (unpaired) electrons. The van der Waals surface area contributed by atoms with Crippen LogP contribution in [0.15, 0.2) is 71.6 Å². The maximum atomic E-state index is 4.77. The number of nitrogens with zero attached hydrogens (tertiary/aromatic N) is 2. The molecule has 0 saturated carbocycles. The van der Waals surface area contributed by atoms with E-state index in [9.17, 15) is 0 Å². The Morgan fingerprint density at radius 2 is 1.55 bits per heavy atom. The van der Waals surface area contributed by atoms with Crippen LogP contribution >= 0.6 is 22.7 Å². The van der Waals surface area contributed by atoms with Crippen molar-refractivity contribution in [2.75, 3.05) is 0 Å². The van der Waals surface area contributed by atoms with Gasteiger partial charge in [0.1, 0.15) is 10.0 Å². The molecule has 0 amide bonds. The first kappa shape index (κ1) is 13.4. The summed E-state index contributed by atoms with van der Waals surface area (Å²) < 4.78 is 0. The molecule has 0 aliphatic rings. The standard InChI is InChI=1S/C18H12N2S2/c1-2-5-13(6-3-1)18-20-16(12-22-18)14-7-4-8-15(11-14)17-19-9-10-21-17/h1-12H. The van der Waals surface area contributed by atoms with Gasteiger partial charge in [-0.05, 0) is 6.07 Å². The molecule has 0 bridgehead atoms. The molecule has 2 aromatic carbocycles. The van der Waals surface area contributed by atoms with Crippen molar-refractivity contribution < 1.29 is 0 Å². The lowest BCUT2D eigenvalue weighted by atomic mass is 10.1. The summed E-state index contributed by atoms with van der Waals surface area (Å²) in [6.07, 6.45) is 1.84. The van der Waals surface area contributed by atoms with E-state index in [0.29, 0.717) is 0 Å². The average Bonchev–Trinajstić information content (AvgIpc) is 3.28. The highest BCUT2D eigenvalue weighted by Crippen LogP contribution is 2.31. The van der Waals surface area contributed by atoms with Gasteiger partial charge in [-0.3, -0.25) is 0 Å². The van der Waals surface area contributed by atoms with Gasteiger partial charge in [0.15, 0.2) is 0 Å². The quantitative estimate of drug-likeness (QED) is 0.491. The number of hydrogen-bond acceptors (Lipinski definition) is 4. The van der Waals surface area contributed by atoms with Crippen LogP contribution in [-0.2, 0) is 0 Å². The van der Waals surface area contributed by atoms with Crippen molar-refractivity contribution in [2.45, 2.75) is 0 Å². The minimum Gasteiger partial charge on any atom is -0.245 e. The molecule has 0 fully saturated rings. The third-order valence-corrected chi connectivity index (χ3v) is 5.08. The summed E-state index contributed by atoms with van der Waals surface area (Å²) in [6.45, 7) is 0. The molecule has 4 heteroatoms. The number of aromatic nitrogens is 2. The fourth-order valence-electron chi connectivity index (χ4n) is 2.30. The number of rotatable bonds is 3. The molecule has 0 aliphatic carbocycles. The van der Waals surface area contributed by atoms with Crippen molar-refractivity contribution in [3.05, 3.63) is 71.6 Å². The molecular weight excluding hydrogens is 308 g/mol. The summed E-state index contributed by atoms with van der Waals surface area (Å²) in [5.41, 5.74) is 4.45. The minimum absolute atomic E-state index is 1.02. The van der Waals surface area contributed by atoms with E-state index < -0.39 is 0 Å². The van der Waals surface area contributed by atoms with Gasteiger partial charge in [-0.15, -0.1) is 22.7 Å². The maximum Gasteiger partial charge on any atom is 0.124 e. The molecule has 2 heterocycles. The summed E-state index contributed by atoms with van der Waals surface area (Å²) >= 11 is 3.33. The van der Waals surface area contributed by atoms with Gasteiger partial charge in [-0.2, -0.15) is 0 Å². The minimum atomic E-state index is 1.02. The lowest BCUT2D eigenvalue weighted by Gasteiger charge is -2.00. The van der Waals surface area contributed by atoms with E-state index in [0.717, 1.165) is 32.4 Å². The number of benzene rings is 2. The van der Waals surface area contributed by atoms with E-state index in [1.807, 2.05) is 29.8 Å². The van der Waals surface area contributed by atoms with Crippen LogP contribution in [0.1, 0.15) is 0 Å². The number of hydrogen-bond donors (Lipinski definition) is 0. The first-order chi connectivity index (χ1) is 10.9. The Morgan fingerprint density at radius 1 is 0.727 bits per heavy atom. The molecule has 4 aromatic rings. The van der Waals surface area contributed by atoms with Gasteiger partial charge in [0.05, 0.1) is 5.69 Å². The highest BCUT2D eigenvalue weighted by atomic mass is 32.1. The zero-order chi connectivity index (χ0) is 14.8. The monoisotopic (exact) mass is 320 g/mol. The Morgan fingerprint density at radius 3 is 2.36 bits per heavy atom. The second kappa shape index (κ2) is 5.83. The Bertz CT molecular complexity index is 880. The first-order valence-corrected chi connectivity index (χ1v) is 8.67. The van der Waals surface area contributed by atoms with E-state index in [1.165, 1.54) is 0 Å². The molecule has 22 heavy (non-hydrogen) atoms. The Kier molecular flexibility index (Phi) is 3.54. The highest BCUT2D eigenvalue weighted by molar-refractivity contribution is 7.13. The van der Waals surface area contributed by atoms with Crippen LogP contribution in [0.2, 0.25) is 0 Å². The second-order valence-electron chi connectivity index (χ2n) is 4.82. The largest absolute Gasteiger partial charge is 0.245 e. The van der Waals surface area contributed by atoms with E-state index >= 15 is 0 Å². The van der Waals surface area contributed by atoms with Gasteiger partial charge in [0, 0.05) is 33.6 Å². The zero-order valence-electron chi connectivity index (χ0n) is 11.6.